The van der Waals surface area contributed by atoms with Gasteiger partial charge in [0, 0.05) is 4.92 Å². The normalized spacial score (nSPS) is 12.1. The molecule has 0 spiro atoms. The Labute approximate surface area is 83.5 Å². The van der Waals surface area contributed by atoms with Crippen molar-refractivity contribution >= 4 is 5.82 Å². The van der Waals surface area contributed by atoms with Gasteiger partial charge in [0.1, 0.15) is 6.20 Å². The zero-order valence-electron chi connectivity index (χ0n) is 7.44. The molecular formula is C7H7N3O5. The fourth-order valence-corrected chi connectivity index (χ4v) is 1.06. The standard InChI is InChI=1S/C7H7N3O5/c11-6(4-9(12)13)5-2-1-3-8-7(5)10(14)15/h1-3,6,11H,4H2. The second kappa shape index (κ2) is 4.42. The largest absolute Gasteiger partial charge is 0.381 e. The van der Waals surface area contributed by atoms with Crippen molar-refractivity contribution in [2.45, 2.75) is 6.10 Å². The van der Waals surface area contributed by atoms with Crippen molar-refractivity contribution in [3.05, 3.63) is 44.1 Å². The molecule has 0 radical (unpaired) electrons. The van der Waals surface area contributed by atoms with Crippen LogP contribution in [-0.2, 0) is 0 Å². The van der Waals surface area contributed by atoms with Crippen LogP contribution in [0.2, 0.25) is 0 Å². The van der Waals surface area contributed by atoms with Crippen molar-refractivity contribution in [2.24, 2.45) is 0 Å². The molecule has 0 aliphatic carbocycles. The van der Waals surface area contributed by atoms with E-state index >= 15 is 0 Å². The van der Waals surface area contributed by atoms with Gasteiger partial charge >= 0.3 is 5.82 Å². The lowest BCUT2D eigenvalue weighted by atomic mass is 10.1. The Morgan fingerprint density at radius 2 is 2.13 bits per heavy atom. The van der Waals surface area contributed by atoms with Gasteiger partial charge in [0.15, 0.2) is 6.10 Å². The van der Waals surface area contributed by atoms with Crippen molar-refractivity contribution in [2.75, 3.05) is 6.54 Å². The third kappa shape index (κ3) is 2.68. The lowest BCUT2D eigenvalue weighted by Gasteiger charge is -2.05. The third-order valence-corrected chi connectivity index (χ3v) is 1.67. The maximum absolute atomic E-state index is 10.5. The topological polar surface area (TPSA) is 119 Å². The number of rotatable bonds is 4. The summed E-state index contributed by atoms with van der Waals surface area (Å²) in [6, 6.07) is 2.60. The van der Waals surface area contributed by atoms with Crippen molar-refractivity contribution in [1.29, 1.82) is 0 Å². The Kier molecular flexibility index (Phi) is 3.24. The predicted octanol–water partition coefficient (Wildman–Crippen LogP) is 0.300. The molecule has 1 aromatic heterocycles. The summed E-state index contributed by atoms with van der Waals surface area (Å²) in [7, 11) is 0. The summed E-state index contributed by atoms with van der Waals surface area (Å²) in [5.74, 6) is -0.563. The number of pyridine rings is 1. The van der Waals surface area contributed by atoms with Crippen LogP contribution in [0.5, 0.6) is 0 Å². The van der Waals surface area contributed by atoms with Crippen LogP contribution in [0.1, 0.15) is 11.7 Å². The summed E-state index contributed by atoms with van der Waals surface area (Å²) in [5, 5.41) is 29.9. The van der Waals surface area contributed by atoms with Crippen molar-refractivity contribution in [3.8, 4) is 0 Å². The average molecular weight is 213 g/mol. The van der Waals surface area contributed by atoms with Gasteiger partial charge in [-0.25, -0.2) is 0 Å². The number of aliphatic hydroxyl groups excluding tert-OH is 1. The van der Waals surface area contributed by atoms with Gasteiger partial charge in [0.25, 0.3) is 0 Å². The van der Waals surface area contributed by atoms with Crippen LogP contribution in [0.4, 0.5) is 5.82 Å². The number of nitro groups is 2. The van der Waals surface area contributed by atoms with E-state index in [1.54, 1.807) is 0 Å². The fraction of sp³-hybridized carbons (Fsp3) is 0.286. The first kappa shape index (κ1) is 11.0. The summed E-state index contributed by atoms with van der Waals surface area (Å²) in [6.07, 6.45) is -0.338. The van der Waals surface area contributed by atoms with E-state index in [-0.39, 0.29) is 5.56 Å². The van der Waals surface area contributed by atoms with Crippen LogP contribution in [0, 0.1) is 20.2 Å². The van der Waals surface area contributed by atoms with Gasteiger partial charge in [-0.1, -0.05) is 0 Å². The minimum absolute atomic E-state index is 0.154. The number of aliphatic hydroxyl groups is 1. The van der Waals surface area contributed by atoms with Gasteiger partial charge in [-0.3, -0.25) is 10.1 Å². The summed E-state index contributed by atoms with van der Waals surface area (Å²) in [5.41, 5.74) is -0.154. The van der Waals surface area contributed by atoms with Crippen LogP contribution >= 0.6 is 0 Å². The highest BCUT2D eigenvalue weighted by Gasteiger charge is 2.24. The van der Waals surface area contributed by atoms with E-state index in [1.165, 1.54) is 18.3 Å². The number of hydrogen-bond acceptors (Lipinski definition) is 6. The van der Waals surface area contributed by atoms with Gasteiger partial charge in [0.2, 0.25) is 6.54 Å². The highest BCUT2D eigenvalue weighted by atomic mass is 16.6. The molecule has 0 aromatic carbocycles. The summed E-state index contributed by atoms with van der Waals surface area (Å²) >= 11 is 0. The molecule has 0 bridgehead atoms. The molecule has 1 aromatic rings. The second-order valence-electron chi connectivity index (χ2n) is 2.70. The Hall–Kier alpha value is -2.09. The molecule has 8 heteroatoms. The van der Waals surface area contributed by atoms with Crippen LogP contribution in [0.3, 0.4) is 0 Å². The molecule has 15 heavy (non-hydrogen) atoms. The van der Waals surface area contributed by atoms with Crippen LogP contribution in [0.25, 0.3) is 0 Å². The molecule has 1 atom stereocenters. The van der Waals surface area contributed by atoms with Gasteiger partial charge in [0.05, 0.1) is 5.56 Å². The molecule has 1 unspecified atom stereocenters. The molecule has 1 heterocycles. The summed E-state index contributed by atoms with van der Waals surface area (Å²) < 4.78 is 0. The first-order valence-electron chi connectivity index (χ1n) is 3.91. The SMILES string of the molecule is O=[N+]([O-])CC(O)c1cccnc1[N+](=O)[O-]. The Morgan fingerprint density at radius 3 is 2.67 bits per heavy atom. The van der Waals surface area contributed by atoms with Crippen molar-refractivity contribution < 1.29 is 15.0 Å². The minimum Gasteiger partial charge on any atom is -0.381 e. The molecule has 0 saturated heterocycles. The average Bonchev–Trinajstić information content (AvgIpc) is 2.16. The highest BCUT2D eigenvalue weighted by molar-refractivity contribution is 5.33. The van der Waals surface area contributed by atoms with E-state index in [0.717, 1.165) is 0 Å². The molecule has 0 amide bonds. The molecule has 1 N–H and O–H groups in total. The molecule has 0 saturated carbocycles. The quantitative estimate of drug-likeness (QED) is 0.567. The number of aromatic nitrogens is 1. The van der Waals surface area contributed by atoms with E-state index < -0.39 is 28.3 Å². The van der Waals surface area contributed by atoms with E-state index in [1.807, 2.05) is 0 Å². The van der Waals surface area contributed by atoms with Crippen LogP contribution in [0.15, 0.2) is 18.3 Å². The zero-order chi connectivity index (χ0) is 11.4. The molecule has 8 nitrogen and oxygen atoms in total. The van der Waals surface area contributed by atoms with Crippen LogP contribution < -0.4 is 0 Å². The highest BCUT2D eigenvalue weighted by Crippen LogP contribution is 2.21. The van der Waals surface area contributed by atoms with E-state index in [0.29, 0.717) is 0 Å². The van der Waals surface area contributed by atoms with Gasteiger partial charge < -0.3 is 15.2 Å². The molecule has 80 valence electrons. The summed E-state index contributed by atoms with van der Waals surface area (Å²) in [4.78, 5) is 22.5. The first-order valence-corrected chi connectivity index (χ1v) is 3.91. The Morgan fingerprint density at radius 1 is 1.47 bits per heavy atom. The van der Waals surface area contributed by atoms with Crippen molar-refractivity contribution in [3.63, 3.8) is 0 Å². The van der Waals surface area contributed by atoms with E-state index in [2.05, 4.69) is 4.98 Å². The second-order valence-corrected chi connectivity index (χ2v) is 2.70. The minimum atomic E-state index is -1.52. The third-order valence-electron chi connectivity index (χ3n) is 1.67. The molecule has 1 rings (SSSR count). The van der Waals surface area contributed by atoms with E-state index in [4.69, 9.17) is 0 Å². The van der Waals surface area contributed by atoms with Gasteiger partial charge in [-0.05, 0) is 22.0 Å². The predicted molar refractivity (Wildman–Crippen MR) is 47.7 cm³/mol. The monoisotopic (exact) mass is 213 g/mol. The lowest BCUT2D eigenvalue weighted by Crippen LogP contribution is -2.13. The molecule has 0 aliphatic rings. The maximum atomic E-state index is 10.5. The lowest BCUT2D eigenvalue weighted by molar-refractivity contribution is -0.492. The molecular weight excluding hydrogens is 206 g/mol. The van der Waals surface area contributed by atoms with E-state index in [9.17, 15) is 25.3 Å². The van der Waals surface area contributed by atoms with Gasteiger partial charge in [-0.2, -0.15) is 0 Å². The van der Waals surface area contributed by atoms with Gasteiger partial charge in [-0.15, -0.1) is 0 Å². The van der Waals surface area contributed by atoms with Crippen molar-refractivity contribution in [1.82, 2.24) is 4.98 Å². The Balaban J connectivity index is 3.02. The number of nitrogens with zero attached hydrogens (tertiary/aromatic N) is 3. The molecule has 0 fully saturated rings. The smallest absolute Gasteiger partial charge is 0.369 e. The fourth-order valence-electron chi connectivity index (χ4n) is 1.06. The molecule has 0 aliphatic heterocycles. The maximum Gasteiger partial charge on any atom is 0.369 e. The first-order chi connectivity index (χ1) is 7.02. The Bertz CT molecular complexity index is 394. The van der Waals surface area contributed by atoms with Crippen LogP contribution in [-0.4, -0.2) is 26.5 Å². The zero-order valence-corrected chi connectivity index (χ0v) is 7.44. The number of hydrogen-bond donors (Lipinski definition) is 1. The summed E-state index contributed by atoms with van der Waals surface area (Å²) in [6.45, 7) is -0.785.